The van der Waals surface area contributed by atoms with Crippen LogP contribution >= 0.6 is 23.2 Å². The van der Waals surface area contributed by atoms with Gasteiger partial charge in [0.2, 0.25) is 0 Å². The van der Waals surface area contributed by atoms with Gasteiger partial charge in [0.1, 0.15) is 5.75 Å². The molecular formula is C12H6Cl2F2O. The molecule has 0 amide bonds. The summed E-state index contributed by atoms with van der Waals surface area (Å²) < 4.78 is 26.0. The second kappa shape index (κ2) is 4.51. The van der Waals surface area contributed by atoms with Crippen molar-refractivity contribution in [3.8, 4) is 16.9 Å². The van der Waals surface area contributed by atoms with E-state index in [1.807, 2.05) is 0 Å². The number of benzene rings is 2. The normalized spacial score (nSPS) is 10.6. The summed E-state index contributed by atoms with van der Waals surface area (Å²) in [5.74, 6) is -2.58. The van der Waals surface area contributed by atoms with Crippen LogP contribution in [0.1, 0.15) is 0 Å². The fourth-order valence-corrected chi connectivity index (χ4v) is 1.87. The van der Waals surface area contributed by atoms with Gasteiger partial charge in [-0.1, -0.05) is 35.3 Å². The van der Waals surface area contributed by atoms with Crippen LogP contribution in [0.4, 0.5) is 8.78 Å². The van der Waals surface area contributed by atoms with E-state index in [0.29, 0.717) is 11.6 Å². The highest BCUT2D eigenvalue weighted by Gasteiger charge is 2.14. The largest absolute Gasteiger partial charge is 0.507 e. The number of hydrogen-bond acceptors (Lipinski definition) is 1. The molecule has 0 aliphatic carbocycles. The first-order chi connectivity index (χ1) is 8.00. The lowest BCUT2D eigenvalue weighted by molar-refractivity contribution is 0.457. The van der Waals surface area contributed by atoms with Crippen LogP contribution in [0.5, 0.6) is 5.75 Å². The van der Waals surface area contributed by atoms with E-state index < -0.39 is 17.4 Å². The number of halogens is 4. The van der Waals surface area contributed by atoms with Gasteiger partial charge in [-0.25, -0.2) is 8.78 Å². The maximum absolute atomic E-state index is 13.1. The van der Waals surface area contributed by atoms with Gasteiger partial charge in [0.25, 0.3) is 0 Å². The molecule has 1 nitrogen and oxygen atoms in total. The topological polar surface area (TPSA) is 20.2 Å². The van der Waals surface area contributed by atoms with E-state index in [1.54, 1.807) is 18.2 Å². The molecule has 0 saturated heterocycles. The number of phenols is 1. The minimum Gasteiger partial charge on any atom is -0.507 e. The zero-order valence-corrected chi connectivity index (χ0v) is 9.86. The van der Waals surface area contributed by atoms with Crippen molar-refractivity contribution in [1.29, 1.82) is 0 Å². The summed E-state index contributed by atoms with van der Waals surface area (Å²) in [5, 5.41) is 10.0. The molecule has 0 saturated carbocycles. The molecule has 0 aromatic heterocycles. The standard InChI is InChI=1S/C12H6Cl2F2O/c13-8-3-1-2-6(12(8)14)7-4-9(15)10(16)5-11(7)17/h1-5,17H. The summed E-state index contributed by atoms with van der Waals surface area (Å²) in [6.07, 6.45) is 0. The van der Waals surface area contributed by atoms with Gasteiger partial charge in [-0.05, 0) is 12.1 Å². The Morgan fingerprint density at radius 1 is 0.941 bits per heavy atom. The highest BCUT2D eigenvalue weighted by atomic mass is 35.5. The molecule has 0 bridgehead atoms. The third kappa shape index (κ3) is 2.21. The van der Waals surface area contributed by atoms with E-state index in [2.05, 4.69) is 0 Å². The van der Waals surface area contributed by atoms with Crippen molar-refractivity contribution in [3.63, 3.8) is 0 Å². The lowest BCUT2D eigenvalue weighted by Gasteiger charge is -2.08. The third-order valence-corrected chi connectivity index (χ3v) is 3.10. The zero-order chi connectivity index (χ0) is 12.6. The zero-order valence-electron chi connectivity index (χ0n) is 8.35. The van der Waals surface area contributed by atoms with Crippen LogP contribution in [0.3, 0.4) is 0 Å². The lowest BCUT2D eigenvalue weighted by Crippen LogP contribution is -1.88. The van der Waals surface area contributed by atoms with Crippen LogP contribution in [0.25, 0.3) is 11.1 Å². The number of hydrogen-bond donors (Lipinski definition) is 1. The molecule has 2 aromatic carbocycles. The van der Waals surface area contributed by atoms with Crippen LogP contribution in [-0.4, -0.2) is 5.11 Å². The van der Waals surface area contributed by atoms with Gasteiger partial charge in [0.15, 0.2) is 11.6 Å². The van der Waals surface area contributed by atoms with Gasteiger partial charge >= 0.3 is 0 Å². The number of aromatic hydroxyl groups is 1. The number of phenolic OH excluding ortho intramolecular Hbond substituents is 1. The van der Waals surface area contributed by atoms with E-state index in [4.69, 9.17) is 23.2 Å². The molecule has 0 atom stereocenters. The third-order valence-electron chi connectivity index (χ3n) is 2.28. The second-order valence-electron chi connectivity index (χ2n) is 3.38. The Balaban J connectivity index is 2.69. The Kier molecular flexibility index (Phi) is 3.22. The van der Waals surface area contributed by atoms with Crippen molar-refractivity contribution >= 4 is 23.2 Å². The summed E-state index contributed by atoms with van der Waals surface area (Å²) in [7, 11) is 0. The average molecular weight is 275 g/mol. The van der Waals surface area contributed by atoms with E-state index in [-0.39, 0.29) is 15.6 Å². The first-order valence-corrected chi connectivity index (χ1v) is 5.38. The number of rotatable bonds is 1. The summed E-state index contributed by atoms with van der Waals surface area (Å²) in [4.78, 5) is 0. The van der Waals surface area contributed by atoms with Crippen LogP contribution in [0, 0.1) is 11.6 Å². The molecule has 1 N–H and O–H groups in total. The Bertz CT molecular complexity index is 585. The summed E-state index contributed by atoms with van der Waals surface area (Å²) >= 11 is 11.7. The van der Waals surface area contributed by atoms with E-state index >= 15 is 0 Å². The van der Waals surface area contributed by atoms with Crippen LogP contribution in [-0.2, 0) is 0 Å². The Morgan fingerprint density at radius 2 is 1.59 bits per heavy atom. The van der Waals surface area contributed by atoms with Gasteiger partial charge in [0, 0.05) is 17.2 Å². The molecule has 0 heterocycles. The van der Waals surface area contributed by atoms with Gasteiger partial charge in [-0.2, -0.15) is 0 Å². The predicted molar refractivity (Wildman–Crippen MR) is 63.5 cm³/mol. The predicted octanol–water partition coefficient (Wildman–Crippen LogP) is 4.64. The maximum atomic E-state index is 13.1. The minimum absolute atomic E-state index is 0.0939. The molecule has 0 aliphatic rings. The Labute approximate surface area is 106 Å². The molecule has 0 radical (unpaired) electrons. The van der Waals surface area contributed by atoms with Gasteiger partial charge in [-0.3, -0.25) is 0 Å². The molecule has 2 rings (SSSR count). The van der Waals surface area contributed by atoms with Crippen LogP contribution in [0.15, 0.2) is 30.3 Å². The maximum Gasteiger partial charge on any atom is 0.162 e. The highest BCUT2D eigenvalue weighted by molar-refractivity contribution is 6.43. The fraction of sp³-hybridized carbons (Fsp3) is 0. The van der Waals surface area contributed by atoms with Crippen molar-refractivity contribution < 1.29 is 13.9 Å². The molecule has 2 aromatic rings. The Morgan fingerprint density at radius 3 is 2.29 bits per heavy atom. The SMILES string of the molecule is Oc1cc(F)c(F)cc1-c1cccc(Cl)c1Cl. The van der Waals surface area contributed by atoms with Gasteiger partial charge in [-0.15, -0.1) is 0 Å². The molecule has 17 heavy (non-hydrogen) atoms. The van der Waals surface area contributed by atoms with E-state index in [1.165, 1.54) is 0 Å². The molecule has 0 aliphatic heterocycles. The van der Waals surface area contributed by atoms with Crippen molar-refractivity contribution in [2.24, 2.45) is 0 Å². The average Bonchev–Trinajstić information content (AvgIpc) is 2.28. The quantitative estimate of drug-likeness (QED) is 0.803. The molecule has 88 valence electrons. The van der Waals surface area contributed by atoms with Crippen molar-refractivity contribution in [3.05, 3.63) is 52.0 Å². The smallest absolute Gasteiger partial charge is 0.162 e. The first-order valence-electron chi connectivity index (χ1n) is 4.63. The summed E-state index contributed by atoms with van der Waals surface area (Å²) in [5.41, 5.74) is 0.437. The van der Waals surface area contributed by atoms with E-state index in [9.17, 15) is 13.9 Å². The highest BCUT2D eigenvalue weighted by Crippen LogP contribution is 2.38. The molecular weight excluding hydrogens is 269 g/mol. The Hall–Kier alpha value is -1.32. The van der Waals surface area contributed by atoms with Crippen molar-refractivity contribution in [2.45, 2.75) is 0 Å². The van der Waals surface area contributed by atoms with E-state index in [0.717, 1.165) is 6.07 Å². The van der Waals surface area contributed by atoms with Crippen LogP contribution in [0.2, 0.25) is 10.0 Å². The van der Waals surface area contributed by atoms with Crippen LogP contribution < -0.4 is 0 Å². The second-order valence-corrected chi connectivity index (χ2v) is 4.17. The molecule has 0 unspecified atom stereocenters. The van der Waals surface area contributed by atoms with Crippen molar-refractivity contribution in [1.82, 2.24) is 0 Å². The van der Waals surface area contributed by atoms with Crippen molar-refractivity contribution in [2.75, 3.05) is 0 Å². The summed E-state index contributed by atoms with van der Waals surface area (Å²) in [6, 6.07) is 6.29. The molecule has 5 heteroatoms. The lowest BCUT2D eigenvalue weighted by atomic mass is 10.0. The molecule has 0 spiro atoms. The minimum atomic E-state index is -1.12. The fourth-order valence-electron chi connectivity index (χ4n) is 1.46. The monoisotopic (exact) mass is 274 g/mol. The van der Waals surface area contributed by atoms with Gasteiger partial charge < -0.3 is 5.11 Å². The first kappa shape index (κ1) is 12.1. The molecule has 0 fully saturated rings. The van der Waals surface area contributed by atoms with Gasteiger partial charge in [0.05, 0.1) is 10.0 Å². The summed E-state index contributed by atoms with van der Waals surface area (Å²) in [6.45, 7) is 0.